The predicted molar refractivity (Wildman–Crippen MR) is 65.4 cm³/mol. The van der Waals surface area contributed by atoms with Gasteiger partial charge in [-0.1, -0.05) is 5.57 Å². The van der Waals surface area contributed by atoms with Gasteiger partial charge in [0.2, 0.25) is 0 Å². The topological polar surface area (TPSA) is 46.6 Å². The Balaban J connectivity index is 2.53. The van der Waals surface area contributed by atoms with Crippen LogP contribution in [-0.4, -0.2) is 36.0 Å². The van der Waals surface area contributed by atoms with Gasteiger partial charge in [-0.05, 0) is 39.5 Å². The summed E-state index contributed by atoms with van der Waals surface area (Å²) >= 11 is 0. The Hall–Kier alpha value is -1.32. The molecule has 0 aromatic rings. The van der Waals surface area contributed by atoms with E-state index in [9.17, 15) is 9.59 Å². The number of rotatable bonds is 4. The third-order valence-electron chi connectivity index (χ3n) is 2.99. The number of ether oxygens (including phenoxy) is 1. The summed E-state index contributed by atoms with van der Waals surface area (Å²) in [6.45, 7) is 8.45. The van der Waals surface area contributed by atoms with Crippen molar-refractivity contribution in [2.75, 3.05) is 13.2 Å². The molecule has 1 heterocycles. The number of amides is 1. The Bertz CT molecular complexity index is 312. The van der Waals surface area contributed by atoms with Gasteiger partial charge in [-0.25, -0.2) is 4.79 Å². The molecule has 17 heavy (non-hydrogen) atoms. The van der Waals surface area contributed by atoms with Crippen LogP contribution in [0, 0.1) is 0 Å². The van der Waals surface area contributed by atoms with Crippen molar-refractivity contribution in [1.29, 1.82) is 0 Å². The third kappa shape index (κ3) is 3.88. The van der Waals surface area contributed by atoms with Gasteiger partial charge in [0.25, 0.3) is 0 Å². The zero-order valence-corrected chi connectivity index (χ0v) is 10.7. The van der Waals surface area contributed by atoms with Crippen LogP contribution >= 0.6 is 0 Å². The minimum Gasteiger partial charge on any atom is -0.459 e. The van der Waals surface area contributed by atoms with Crippen LogP contribution in [0.1, 0.15) is 39.5 Å². The van der Waals surface area contributed by atoms with Gasteiger partial charge in [-0.15, -0.1) is 6.58 Å². The van der Waals surface area contributed by atoms with Gasteiger partial charge in [0.15, 0.2) is 0 Å². The molecule has 4 heteroatoms. The second kappa shape index (κ2) is 6.42. The molecule has 96 valence electrons. The Kier molecular flexibility index (Phi) is 5.19. The monoisotopic (exact) mass is 239 g/mol. The van der Waals surface area contributed by atoms with E-state index in [0.717, 1.165) is 31.3 Å². The SMILES string of the molecule is C=C(C)CC[C@H]1CCCN1C(=O)C(=O)OCC. The molecule has 1 aliphatic heterocycles. The fourth-order valence-corrected chi connectivity index (χ4v) is 2.13. The summed E-state index contributed by atoms with van der Waals surface area (Å²) in [5.41, 5.74) is 1.11. The van der Waals surface area contributed by atoms with Gasteiger partial charge in [-0.2, -0.15) is 0 Å². The van der Waals surface area contributed by atoms with Gasteiger partial charge >= 0.3 is 11.9 Å². The zero-order valence-electron chi connectivity index (χ0n) is 10.7. The number of carbonyl (C=O) groups excluding carboxylic acids is 2. The highest BCUT2D eigenvalue weighted by atomic mass is 16.5. The van der Waals surface area contributed by atoms with Crippen molar-refractivity contribution >= 4 is 11.9 Å². The van der Waals surface area contributed by atoms with Crippen molar-refractivity contribution in [2.24, 2.45) is 0 Å². The molecule has 0 saturated carbocycles. The lowest BCUT2D eigenvalue weighted by molar-refractivity contribution is -0.160. The molecule has 0 aliphatic carbocycles. The molecular weight excluding hydrogens is 218 g/mol. The highest BCUT2D eigenvalue weighted by Gasteiger charge is 2.32. The first-order chi connectivity index (χ1) is 8.06. The van der Waals surface area contributed by atoms with E-state index in [2.05, 4.69) is 6.58 Å². The number of allylic oxidation sites excluding steroid dienone is 1. The highest BCUT2D eigenvalue weighted by Crippen LogP contribution is 2.23. The molecule has 4 nitrogen and oxygen atoms in total. The number of hydrogen-bond acceptors (Lipinski definition) is 3. The summed E-state index contributed by atoms with van der Waals surface area (Å²) in [7, 11) is 0. The molecule has 0 N–H and O–H groups in total. The molecule has 1 atom stereocenters. The van der Waals surface area contributed by atoms with E-state index < -0.39 is 11.9 Å². The number of hydrogen-bond donors (Lipinski definition) is 0. The smallest absolute Gasteiger partial charge is 0.397 e. The molecule has 0 radical (unpaired) electrons. The van der Waals surface area contributed by atoms with Crippen molar-refractivity contribution in [3.63, 3.8) is 0 Å². The molecular formula is C13H21NO3. The van der Waals surface area contributed by atoms with E-state index in [1.54, 1.807) is 11.8 Å². The van der Waals surface area contributed by atoms with Gasteiger partial charge in [0.05, 0.1) is 6.61 Å². The summed E-state index contributed by atoms with van der Waals surface area (Å²) in [4.78, 5) is 24.9. The van der Waals surface area contributed by atoms with E-state index >= 15 is 0 Å². The Morgan fingerprint density at radius 1 is 1.47 bits per heavy atom. The predicted octanol–water partition coefficient (Wildman–Crippen LogP) is 1.90. The second-order valence-corrected chi connectivity index (χ2v) is 4.51. The van der Waals surface area contributed by atoms with Gasteiger partial charge in [0, 0.05) is 12.6 Å². The lowest BCUT2D eigenvalue weighted by Crippen LogP contribution is -2.40. The molecule has 1 aliphatic rings. The van der Waals surface area contributed by atoms with Crippen LogP contribution in [0.3, 0.4) is 0 Å². The Morgan fingerprint density at radius 3 is 2.76 bits per heavy atom. The number of nitrogens with zero attached hydrogens (tertiary/aromatic N) is 1. The van der Waals surface area contributed by atoms with Crippen LogP contribution in [0.4, 0.5) is 0 Å². The lowest BCUT2D eigenvalue weighted by atomic mass is 10.1. The van der Waals surface area contributed by atoms with E-state index in [1.165, 1.54) is 0 Å². The van der Waals surface area contributed by atoms with Crippen molar-refractivity contribution in [1.82, 2.24) is 4.90 Å². The summed E-state index contributed by atoms with van der Waals surface area (Å²) in [5.74, 6) is -1.22. The van der Waals surface area contributed by atoms with Crippen molar-refractivity contribution in [2.45, 2.75) is 45.6 Å². The van der Waals surface area contributed by atoms with Crippen LogP contribution in [0.2, 0.25) is 0 Å². The zero-order chi connectivity index (χ0) is 12.8. The Morgan fingerprint density at radius 2 is 2.18 bits per heavy atom. The molecule has 0 spiro atoms. The van der Waals surface area contributed by atoms with Crippen LogP contribution in [0.5, 0.6) is 0 Å². The molecule has 1 amide bonds. The van der Waals surface area contributed by atoms with Gasteiger partial charge in [-0.3, -0.25) is 4.79 Å². The Labute approximate surface area is 103 Å². The molecule has 0 aromatic carbocycles. The maximum atomic E-state index is 11.8. The molecule has 1 rings (SSSR count). The molecule has 1 fully saturated rings. The van der Waals surface area contributed by atoms with E-state index in [-0.39, 0.29) is 12.6 Å². The average molecular weight is 239 g/mol. The fourth-order valence-electron chi connectivity index (χ4n) is 2.13. The summed E-state index contributed by atoms with van der Waals surface area (Å²) < 4.78 is 4.74. The normalized spacial score (nSPS) is 19.2. The molecule has 1 saturated heterocycles. The first kappa shape index (κ1) is 13.7. The summed E-state index contributed by atoms with van der Waals surface area (Å²) in [6.07, 6.45) is 3.72. The van der Waals surface area contributed by atoms with Gasteiger partial charge < -0.3 is 9.64 Å². The molecule has 0 aromatic heterocycles. The van der Waals surface area contributed by atoms with Crippen molar-refractivity contribution in [3.8, 4) is 0 Å². The largest absolute Gasteiger partial charge is 0.459 e. The molecule has 0 unspecified atom stereocenters. The maximum Gasteiger partial charge on any atom is 0.397 e. The summed E-state index contributed by atoms with van der Waals surface area (Å²) in [6, 6.07) is 0.170. The first-order valence-corrected chi connectivity index (χ1v) is 6.18. The highest BCUT2D eigenvalue weighted by molar-refractivity contribution is 6.32. The number of carbonyl (C=O) groups is 2. The van der Waals surface area contributed by atoms with Crippen LogP contribution < -0.4 is 0 Å². The van der Waals surface area contributed by atoms with Crippen molar-refractivity contribution < 1.29 is 14.3 Å². The second-order valence-electron chi connectivity index (χ2n) is 4.51. The van der Waals surface area contributed by atoms with Gasteiger partial charge in [0.1, 0.15) is 0 Å². The minimum atomic E-state index is -0.727. The van der Waals surface area contributed by atoms with Crippen LogP contribution in [0.25, 0.3) is 0 Å². The van der Waals surface area contributed by atoms with Crippen LogP contribution in [-0.2, 0) is 14.3 Å². The average Bonchev–Trinajstić information content (AvgIpc) is 2.73. The standard InChI is InChI=1S/C13H21NO3/c1-4-17-13(16)12(15)14-9-5-6-11(14)8-7-10(2)3/h11H,2,4-9H2,1,3H3/t11-/m1/s1. The van der Waals surface area contributed by atoms with Crippen molar-refractivity contribution in [3.05, 3.63) is 12.2 Å². The minimum absolute atomic E-state index is 0.170. The van der Waals surface area contributed by atoms with Crippen LogP contribution in [0.15, 0.2) is 12.2 Å². The van der Waals surface area contributed by atoms with E-state index in [4.69, 9.17) is 4.74 Å². The number of esters is 1. The number of likely N-dealkylation sites (tertiary alicyclic amines) is 1. The lowest BCUT2D eigenvalue weighted by Gasteiger charge is -2.23. The maximum absolute atomic E-state index is 11.8. The summed E-state index contributed by atoms with van der Waals surface area (Å²) in [5, 5.41) is 0. The van der Waals surface area contributed by atoms with E-state index in [1.807, 2.05) is 6.92 Å². The quantitative estimate of drug-likeness (QED) is 0.427. The third-order valence-corrected chi connectivity index (χ3v) is 2.99. The van der Waals surface area contributed by atoms with E-state index in [0.29, 0.717) is 6.54 Å². The fraction of sp³-hybridized carbons (Fsp3) is 0.692. The first-order valence-electron chi connectivity index (χ1n) is 6.18. The molecule has 0 bridgehead atoms.